The lowest BCUT2D eigenvalue weighted by molar-refractivity contribution is 0.0936. The molecule has 23 heavy (non-hydrogen) atoms. The number of hydrogen-bond donors (Lipinski definition) is 1. The van der Waals surface area contributed by atoms with Gasteiger partial charge in [-0.1, -0.05) is 6.07 Å². The van der Waals surface area contributed by atoms with E-state index >= 15 is 0 Å². The Morgan fingerprint density at radius 2 is 2.04 bits per heavy atom. The van der Waals surface area contributed by atoms with Crippen LogP contribution < -0.4 is 14.8 Å². The largest absolute Gasteiger partial charge is 0.481 e. The summed E-state index contributed by atoms with van der Waals surface area (Å²) in [5.41, 5.74) is 2.45. The number of ether oxygens (including phenoxy) is 2. The number of nitrogens with zero attached hydrogens (tertiary/aromatic N) is 2. The highest BCUT2D eigenvalue weighted by Crippen LogP contribution is 2.19. The van der Waals surface area contributed by atoms with Crippen molar-refractivity contribution in [1.82, 2.24) is 15.3 Å². The van der Waals surface area contributed by atoms with Crippen LogP contribution in [-0.4, -0.2) is 36.1 Å². The normalized spacial score (nSPS) is 11.7. The Morgan fingerprint density at radius 1 is 1.26 bits per heavy atom. The van der Waals surface area contributed by atoms with Crippen LogP contribution in [0.3, 0.4) is 0 Å². The van der Waals surface area contributed by atoms with Crippen molar-refractivity contribution in [3.63, 3.8) is 0 Å². The van der Waals surface area contributed by atoms with Gasteiger partial charge >= 0.3 is 0 Å². The van der Waals surface area contributed by atoms with E-state index in [1.54, 1.807) is 18.3 Å². The topological polar surface area (TPSA) is 73.3 Å². The standard InChI is InChI=1S/C17H21N3O3/c1-11-6-5-9-18-14(11)10-12(2)19-16(21)13-7-8-15(22-3)20-17(13)23-4/h5-9,12H,10H2,1-4H3,(H,19,21)/t12-/m1/s1. The second-order valence-corrected chi connectivity index (χ2v) is 5.26. The van der Waals surface area contributed by atoms with Crippen molar-refractivity contribution in [1.29, 1.82) is 0 Å². The van der Waals surface area contributed by atoms with Gasteiger partial charge in [0, 0.05) is 30.4 Å². The molecule has 2 rings (SSSR count). The van der Waals surface area contributed by atoms with Crippen LogP contribution in [-0.2, 0) is 6.42 Å². The molecule has 2 aromatic heterocycles. The summed E-state index contributed by atoms with van der Waals surface area (Å²) >= 11 is 0. The summed E-state index contributed by atoms with van der Waals surface area (Å²) in [5.74, 6) is 0.400. The highest BCUT2D eigenvalue weighted by molar-refractivity contribution is 5.96. The maximum absolute atomic E-state index is 12.4. The van der Waals surface area contributed by atoms with E-state index in [2.05, 4.69) is 15.3 Å². The summed E-state index contributed by atoms with van der Waals surface area (Å²) in [6.45, 7) is 3.95. The molecule has 0 aliphatic carbocycles. The molecule has 6 nitrogen and oxygen atoms in total. The molecule has 1 atom stereocenters. The van der Waals surface area contributed by atoms with Crippen molar-refractivity contribution in [3.8, 4) is 11.8 Å². The fraction of sp³-hybridized carbons (Fsp3) is 0.353. The fourth-order valence-corrected chi connectivity index (χ4v) is 2.24. The molecule has 0 radical (unpaired) electrons. The smallest absolute Gasteiger partial charge is 0.256 e. The molecule has 0 unspecified atom stereocenters. The summed E-state index contributed by atoms with van der Waals surface area (Å²) in [6, 6.07) is 7.11. The Balaban J connectivity index is 2.08. The summed E-state index contributed by atoms with van der Waals surface area (Å²) in [4.78, 5) is 20.9. The first-order valence-electron chi connectivity index (χ1n) is 7.35. The van der Waals surface area contributed by atoms with Gasteiger partial charge in [0.05, 0.1) is 14.2 Å². The van der Waals surface area contributed by atoms with Crippen molar-refractivity contribution in [3.05, 3.63) is 47.3 Å². The number of nitrogens with one attached hydrogen (secondary N) is 1. The summed E-state index contributed by atoms with van der Waals surface area (Å²) in [6.07, 6.45) is 2.41. The Kier molecular flexibility index (Phi) is 5.51. The van der Waals surface area contributed by atoms with Gasteiger partial charge in [-0.3, -0.25) is 9.78 Å². The molecule has 1 amide bonds. The lowest BCUT2D eigenvalue weighted by Crippen LogP contribution is -2.34. The first kappa shape index (κ1) is 16.7. The quantitative estimate of drug-likeness (QED) is 0.884. The number of aryl methyl sites for hydroxylation is 1. The first-order valence-corrected chi connectivity index (χ1v) is 7.35. The van der Waals surface area contributed by atoms with E-state index in [4.69, 9.17) is 9.47 Å². The molecule has 0 aliphatic rings. The zero-order chi connectivity index (χ0) is 16.8. The second kappa shape index (κ2) is 7.58. The Bertz CT molecular complexity index is 689. The van der Waals surface area contributed by atoms with Crippen LogP contribution in [0.5, 0.6) is 11.8 Å². The van der Waals surface area contributed by atoms with Crippen molar-refractivity contribution < 1.29 is 14.3 Å². The van der Waals surface area contributed by atoms with Gasteiger partial charge < -0.3 is 14.8 Å². The number of amides is 1. The first-order chi connectivity index (χ1) is 11.0. The lowest BCUT2D eigenvalue weighted by Gasteiger charge is -2.16. The van der Waals surface area contributed by atoms with Crippen LogP contribution in [0.15, 0.2) is 30.5 Å². The summed E-state index contributed by atoms with van der Waals surface area (Å²) in [7, 11) is 2.98. The zero-order valence-electron chi connectivity index (χ0n) is 13.8. The predicted molar refractivity (Wildman–Crippen MR) is 86.9 cm³/mol. The van der Waals surface area contributed by atoms with E-state index in [9.17, 15) is 4.79 Å². The molecular formula is C17H21N3O3. The minimum absolute atomic E-state index is 0.0668. The Labute approximate surface area is 135 Å². The third kappa shape index (κ3) is 4.18. The SMILES string of the molecule is COc1ccc(C(=O)N[C@H](C)Cc2ncccc2C)c(OC)n1. The average Bonchev–Trinajstić information content (AvgIpc) is 2.56. The monoisotopic (exact) mass is 315 g/mol. The molecule has 0 saturated carbocycles. The molecule has 122 valence electrons. The number of carbonyl (C=O) groups excluding carboxylic acids is 1. The van der Waals surface area contributed by atoms with Crippen LogP contribution in [0, 0.1) is 6.92 Å². The Morgan fingerprint density at radius 3 is 2.70 bits per heavy atom. The van der Waals surface area contributed by atoms with Gasteiger partial charge in [0.25, 0.3) is 5.91 Å². The maximum atomic E-state index is 12.4. The molecule has 1 N–H and O–H groups in total. The van der Waals surface area contributed by atoms with Gasteiger partial charge in [-0.05, 0) is 31.5 Å². The minimum atomic E-state index is -0.238. The minimum Gasteiger partial charge on any atom is -0.481 e. The predicted octanol–water partition coefficient (Wildman–Crippen LogP) is 2.16. The van der Waals surface area contributed by atoms with Crippen molar-refractivity contribution in [2.75, 3.05) is 14.2 Å². The third-order valence-corrected chi connectivity index (χ3v) is 3.48. The molecule has 0 fully saturated rings. The van der Waals surface area contributed by atoms with E-state index in [0.717, 1.165) is 11.3 Å². The van der Waals surface area contributed by atoms with Crippen LogP contribution in [0.4, 0.5) is 0 Å². The second-order valence-electron chi connectivity index (χ2n) is 5.26. The van der Waals surface area contributed by atoms with Gasteiger partial charge in [-0.2, -0.15) is 4.98 Å². The molecule has 2 aromatic rings. The summed E-state index contributed by atoms with van der Waals surface area (Å²) < 4.78 is 10.2. The van der Waals surface area contributed by atoms with Gasteiger partial charge in [0.15, 0.2) is 0 Å². The van der Waals surface area contributed by atoms with Gasteiger partial charge in [0.2, 0.25) is 11.8 Å². The maximum Gasteiger partial charge on any atom is 0.256 e. The lowest BCUT2D eigenvalue weighted by atomic mass is 10.1. The van der Waals surface area contributed by atoms with Crippen LogP contribution >= 0.6 is 0 Å². The number of aromatic nitrogens is 2. The van der Waals surface area contributed by atoms with Crippen molar-refractivity contribution in [2.24, 2.45) is 0 Å². The molecule has 0 saturated heterocycles. The van der Waals surface area contributed by atoms with E-state index in [-0.39, 0.29) is 17.8 Å². The molecule has 2 heterocycles. The summed E-state index contributed by atoms with van der Waals surface area (Å²) in [5, 5.41) is 2.94. The van der Waals surface area contributed by atoms with Gasteiger partial charge in [-0.15, -0.1) is 0 Å². The third-order valence-electron chi connectivity index (χ3n) is 3.48. The molecule has 0 aromatic carbocycles. The number of pyridine rings is 2. The van der Waals surface area contributed by atoms with Gasteiger partial charge in [-0.25, -0.2) is 0 Å². The van der Waals surface area contributed by atoms with Gasteiger partial charge in [0.1, 0.15) is 5.56 Å². The number of carbonyl (C=O) groups is 1. The highest BCUT2D eigenvalue weighted by Gasteiger charge is 2.17. The molecule has 0 spiro atoms. The van der Waals surface area contributed by atoms with E-state index in [0.29, 0.717) is 17.9 Å². The van der Waals surface area contributed by atoms with E-state index in [1.165, 1.54) is 14.2 Å². The van der Waals surface area contributed by atoms with Crippen LogP contribution in [0.1, 0.15) is 28.5 Å². The number of methoxy groups -OCH3 is 2. The zero-order valence-corrected chi connectivity index (χ0v) is 13.8. The molecular weight excluding hydrogens is 294 g/mol. The molecule has 0 bridgehead atoms. The molecule has 0 aliphatic heterocycles. The van der Waals surface area contributed by atoms with Crippen LogP contribution in [0.2, 0.25) is 0 Å². The average molecular weight is 315 g/mol. The van der Waals surface area contributed by atoms with Crippen molar-refractivity contribution >= 4 is 5.91 Å². The van der Waals surface area contributed by atoms with E-state index < -0.39 is 0 Å². The number of hydrogen-bond acceptors (Lipinski definition) is 5. The highest BCUT2D eigenvalue weighted by atomic mass is 16.5. The Hall–Kier alpha value is -2.63. The molecule has 6 heteroatoms. The van der Waals surface area contributed by atoms with Crippen molar-refractivity contribution in [2.45, 2.75) is 26.3 Å². The fourth-order valence-electron chi connectivity index (χ4n) is 2.24. The van der Waals surface area contributed by atoms with E-state index in [1.807, 2.05) is 26.0 Å². The number of rotatable bonds is 6. The van der Waals surface area contributed by atoms with Crippen LogP contribution in [0.25, 0.3) is 0 Å².